The molecule has 138 valence electrons. The number of nitrogens with zero attached hydrogens (tertiary/aromatic N) is 1. The lowest BCUT2D eigenvalue weighted by Gasteiger charge is -2.06. The number of hydrogen-bond acceptors (Lipinski definition) is 5. The van der Waals surface area contributed by atoms with Gasteiger partial charge in [-0.1, -0.05) is 50.2 Å². The number of hydrogen-bond donors (Lipinski definition) is 0. The lowest BCUT2D eigenvalue weighted by Crippen LogP contribution is -2.07. The van der Waals surface area contributed by atoms with Gasteiger partial charge in [-0.2, -0.15) is 5.26 Å². The first-order chi connectivity index (χ1) is 12.9. The Bertz CT molecular complexity index is 872. The molecule has 0 atom stereocenters. The minimum absolute atomic E-state index is 0.00555. The molecule has 0 unspecified atom stereocenters. The van der Waals surface area contributed by atoms with Crippen molar-refractivity contribution in [2.24, 2.45) is 0 Å². The molecule has 0 fully saturated rings. The SMILES string of the molecule is COC(=O)c1ccc(COC(=O)/C(C#N)=C/c2ccc(C(C)C)cc2)cc1. The second-order valence-electron chi connectivity index (χ2n) is 6.26. The van der Waals surface area contributed by atoms with Crippen LogP contribution in [0.1, 0.15) is 46.8 Å². The Labute approximate surface area is 158 Å². The van der Waals surface area contributed by atoms with Gasteiger partial charge in [-0.3, -0.25) is 0 Å². The van der Waals surface area contributed by atoms with Gasteiger partial charge < -0.3 is 9.47 Å². The first kappa shape index (κ1) is 19.9. The molecule has 0 saturated carbocycles. The van der Waals surface area contributed by atoms with Crippen LogP contribution in [0.25, 0.3) is 6.08 Å². The van der Waals surface area contributed by atoms with Gasteiger partial charge in [-0.15, -0.1) is 0 Å². The molecule has 0 amide bonds. The predicted octanol–water partition coefficient (Wildman–Crippen LogP) is 4.25. The Morgan fingerprint density at radius 1 is 1.07 bits per heavy atom. The highest BCUT2D eigenvalue weighted by Gasteiger charge is 2.12. The van der Waals surface area contributed by atoms with Gasteiger partial charge in [-0.25, -0.2) is 9.59 Å². The fourth-order valence-corrected chi connectivity index (χ4v) is 2.36. The third kappa shape index (κ3) is 5.55. The van der Waals surface area contributed by atoms with Gasteiger partial charge in [0.25, 0.3) is 0 Å². The Kier molecular flexibility index (Phi) is 6.90. The van der Waals surface area contributed by atoms with Crippen LogP contribution in [0.5, 0.6) is 0 Å². The summed E-state index contributed by atoms with van der Waals surface area (Å²) in [6.45, 7) is 4.20. The highest BCUT2D eigenvalue weighted by molar-refractivity contribution is 5.97. The molecule has 0 radical (unpaired) electrons. The standard InChI is InChI=1S/C22H21NO4/c1-15(2)18-8-4-16(5-9-18)12-20(13-23)22(25)27-14-17-6-10-19(11-7-17)21(24)26-3/h4-12,15H,14H2,1-3H3/b20-12+. The molecule has 0 bridgehead atoms. The third-order valence-electron chi connectivity index (χ3n) is 4.00. The van der Waals surface area contributed by atoms with Crippen molar-refractivity contribution in [2.75, 3.05) is 7.11 Å². The molecule has 2 aromatic carbocycles. The minimum Gasteiger partial charge on any atom is -0.465 e. The van der Waals surface area contributed by atoms with Crippen LogP contribution in [0, 0.1) is 11.3 Å². The topological polar surface area (TPSA) is 76.4 Å². The summed E-state index contributed by atoms with van der Waals surface area (Å²) in [5.41, 5.74) is 2.99. The summed E-state index contributed by atoms with van der Waals surface area (Å²) < 4.78 is 9.83. The lowest BCUT2D eigenvalue weighted by molar-refractivity contribution is -0.139. The molecule has 0 aliphatic heterocycles. The largest absolute Gasteiger partial charge is 0.465 e. The van der Waals surface area contributed by atoms with Crippen molar-refractivity contribution in [2.45, 2.75) is 26.4 Å². The molecule has 0 saturated heterocycles. The van der Waals surface area contributed by atoms with Crippen LogP contribution in [0.15, 0.2) is 54.1 Å². The van der Waals surface area contributed by atoms with Gasteiger partial charge in [-0.05, 0) is 40.8 Å². The van der Waals surface area contributed by atoms with E-state index < -0.39 is 11.9 Å². The predicted molar refractivity (Wildman–Crippen MR) is 102 cm³/mol. The van der Waals surface area contributed by atoms with Crippen LogP contribution < -0.4 is 0 Å². The summed E-state index contributed by atoms with van der Waals surface area (Å²) in [5, 5.41) is 9.25. The first-order valence-corrected chi connectivity index (χ1v) is 8.50. The van der Waals surface area contributed by atoms with Gasteiger partial charge in [0, 0.05) is 0 Å². The molecule has 0 aliphatic rings. The zero-order valence-corrected chi connectivity index (χ0v) is 15.6. The van der Waals surface area contributed by atoms with Gasteiger partial charge in [0.2, 0.25) is 0 Å². The van der Waals surface area contributed by atoms with Crippen LogP contribution in [-0.4, -0.2) is 19.0 Å². The lowest BCUT2D eigenvalue weighted by atomic mass is 10.0. The molecule has 2 rings (SSSR count). The van der Waals surface area contributed by atoms with Crippen molar-refractivity contribution < 1.29 is 19.1 Å². The van der Waals surface area contributed by atoms with E-state index in [0.29, 0.717) is 17.0 Å². The van der Waals surface area contributed by atoms with E-state index in [1.807, 2.05) is 30.3 Å². The van der Waals surface area contributed by atoms with E-state index in [2.05, 4.69) is 18.6 Å². The van der Waals surface area contributed by atoms with Crippen molar-refractivity contribution in [1.29, 1.82) is 5.26 Å². The van der Waals surface area contributed by atoms with Crippen LogP contribution in [-0.2, 0) is 20.9 Å². The monoisotopic (exact) mass is 363 g/mol. The maximum Gasteiger partial charge on any atom is 0.349 e. The Morgan fingerprint density at radius 2 is 1.70 bits per heavy atom. The van der Waals surface area contributed by atoms with Crippen LogP contribution in [0.3, 0.4) is 0 Å². The van der Waals surface area contributed by atoms with Crippen LogP contribution >= 0.6 is 0 Å². The molecule has 2 aromatic rings. The second kappa shape index (κ2) is 9.35. The molecular formula is C22H21NO4. The van der Waals surface area contributed by atoms with E-state index in [1.54, 1.807) is 24.3 Å². The van der Waals surface area contributed by atoms with E-state index in [9.17, 15) is 14.9 Å². The zero-order chi connectivity index (χ0) is 19.8. The van der Waals surface area contributed by atoms with E-state index in [-0.39, 0.29) is 12.2 Å². The van der Waals surface area contributed by atoms with Gasteiger partial charge in [0.15, 0.2) is 0 Å². The van der Waals surface area contributed by atoms with E-state index in [0.717, 1.165) is 5.56 Å². The van der Waals surface area contributed by atoms with E-state index in [1.165, 1.54) is 18.7 Å². The van der Waals surface area contributed by atoms with Crippen molar-refractivity contribution in [3.8, 4) is 6.07 Å². The highest BCUT2D eigenvalue weighted by Crippen LogP contribution is 2.17. The highest BCUT2D eigenvalue weighted by atomic mass is 16.5. The number of carbonyl (C=O) groups is 2. The number of carbonyl (C=O) groups excluding carboxylic acids is 2. The summed E-state index contributed by atoms with van der Waals surface area (Å²) >= 11 is 0. The fraction of sp³-hybridized carbons (Fsp3) is 0.227. The average molecular weight is 363 g/mol. The normalized spacial score (nSPS) is 11.0. The summed E-state index contributed by atoms with van der Waals surface area (Å²) in [4.78, 5) is 23.6. The van der Waals surface area contributed by atoms with Crippen molar-refractivity contribution in [3.63, 3.8) is 0 Å². The first-order valence-electron chi connectivity index (χ1n) is 8.50. The quantitative estimate of drug-likeness (QED) is 0.436. The van der Waals surface area contributed by atoms with Crippen LogP contribution in [0.2, 0.25) is 0 Å². The minimum atomic E-state index is -0.692. The molecule has 0 spiro atoms. The third-order valence-corrected chi connectivity index (χ3v) is 4.00. The fourth-order valence-electron chi connectivity index (χ4n) is 2.36. The van der Waals surface area contributed by atoms with Crippen LogP contribution in [0.4, 0.5) is 0 Å². The maximum atomic E-state index is 12.2. The van der Waals surface area contributed by atoms with Gasteiger partial charge in [0.05, 0.1) is 12.7 Å². The second-order valence-corrected chi connectivity index (χ2v) is 6.26. The molecule has 0 N–H and O–H groups in total. The number of methoxy groups -OCH3 is 1. The van der Waals surface area contributed by atoms with Gasteiger partial charge >= 0.3 is 11.9 Å². The molecule has 0 aromatic heterocycles. The summed E-state index contributed by atoms with van der Waals surface area (Å²) in [6, 6.07) is 16.1. The number of esters is 2. The summed E-state index contributed by atoms with van der Waals surface area (Å²) in [5.74, 6) is -0.715. The zero-order valence-electron chi connectivity index (χ0n) is 15.6. The Balaban J connectivity index is 2.02. The van der Waals surface area contributed by atoms with Gasteiger partial charge in [0.1, 0.15) is 18.2 Å². The van der Waals surface area contributed by atoms with Crippen molar-refractivity contribution >= 4 is 18.0 Å². The number of ether oxygens (including phenoxy) is 2. The number of benzene rings is 2. The molecule has 0 heterocycles. The van der Waals surface area contributed by atoms with Crippen molar-refractivity contribution in [1.82, 2.24) is 0 Å². The molecular weight excluding hydrogens is 342 g/mol. The average Bonchev–Trinajstić information content (AvgIpc) is 2.70. The number of rotatable bonds is 6. The van der Waals surface area contributed by atoms with Crippen molar-refractivity contribution in [3.05, 3.63) is 76.4 Å². The summed E-state index contributed by atoms with van der Waals surface area (Å²) in [7, 11) is 1.31. The Morgan fingerprint density at radius 3 is 2.22 bits per heavy atom. The smallest absolute Gasteiger partial charge is 0.349 e. The molecule has 5 heteroatoms. The molecule has 5 nitrogen and oxygen atoms in total. The van der Waals surface area contributed by atoms with E-state index in [4.69, 9.17) is 4.74 Å². The number of nitriles is 1. The Hall–Kier alpha value is -3.39. The summed E-state index contributed by atoms with van der Waals surface area (Å²) in [6.07, 6.45) is 1.51. The van der Waals surface area contributed by atoms with E-state index >= 15 is 0 Å². The molecule has 27 heavy (non-hydrogen) atoms. The maximum absolute atomic E-state index is 12.2. The molecule has 0 aliphatic carbocycles.